The van der Waals surface area contributed by atoms with Gasteiger partial charge in [-0.3, -0.25) is 0 Å². The lowest BCUT2D eigenvalue weighted by Crippen LogP contribution is -2.41. The van der Waals surface area contributed by atoms with E-state index < -0.39 is 0 Å². The van der Waals surface area contributed by atoms with Crippen molar-refractivity contribution in [2.24, 2.45) is 5.41 Å². The van der Waals surface area contributed by atoms with Gasteiger partial charge in [-0.05, 0) is 63.8 Å². The first-order valence-electron chi connectivity index (χ1n) is 9.58. The Morgan fingerprint density at radius 1 is 1.19 bits per heavy atom. The van der Waals surface area contributed by atoms with Gasteiger partial charge in [-0.15, -0.1) is 0 Å². The number of carbonyl (C=O) groups is 1. The molecule has 1 aliphatic heterocycles. The molecule has 1 aromatic carbocycles. The van der Waals surface area contributed by atoms with Crippen LogP contribution in [0, 0.1) is 5.41 Å². The Morgan fingerprint density at radius 3 is 2.50 bits per heavy atom. The number of esters is 1. The summed E-state index contributed by atoms with van der Waals surface area (Å²) in [6.45, 7) is 11.2. The first-order valence-corrected chi connectivity index (χ1v) is 9.58. The molecular formula is C23H30O3. The minimum atomic E-state index is -0.275. The molecule has 26 heavy (non-hydrogen) atoms. The van der Waals surface area contributed by atoms with Crippen molar-refractivity contribution in [3.05, 3.63) is 53.1 Å². The number of fused-ring (bicyclic) bond motifs is 1. The number of epoxide rings is 1. The third kappa shape index (κ3) is 3.25. The first-order chi connectivity index (χ1) is 12.2. The van der Waals surface area contributed by atoms with Crippen LogP contribution < -0.4 is 0 Å². The van der Waals surface area contributed by atoms with E-state index in [1.54, 1.807) is 0 Å². The SMILES string of the molecule is CCOC(=O)c1ccc(/C=C(C)/C=C/C23OC2(C)CCCC3(C)C)cc1. The van der Waals surface area contributed by atoms with E-state index in [9.17, 15) is 4.79 Å². The zero-order valence-corrected chi connectivity index (χ0v) is 16.6. The van der Waals surface area contributed by atoms with Crippen LogP contribution in [0.15, 0.2) is 42.0 Å². The van der Waals surface area contributed by atoms with E-state index in [-0.39, 0.29) is 22.6 Å². The van der Waals surface area contributed by atoms with Crippen LogP contribution >= 0.6 is 0 Å². The van der Waals surface area contributed by atoms with Gasteiger partial charge < -0.3 is 9.47 Å². The Bertz CT molecular complexity index is 741. The molecular weight excluding hydrogens is 324 g/mol. The number of hydrogen-bond donors (Lipinski definition) is 0. The van der Waals surface area contributed by atoms with Gasteiger partial charge in [-0.2, -0.15) is 0 Å². The fraction of sp³-hybridized carbons (Fsp3) is 0.522. The monoisotopic (exact) mass is 354 g/mol. The maximum atomic E-state index is 11.7. The second-order valence-electron chi connectivity index (χ2n) is 8.37. The topological polar surface area (TPSA) is 38.8 Å². The third-order valence-electron chi connectivity index (χ3n) is 5.99. The maximum Gasteiger partial charge on any atom is 0.338 e. The van der Waals surface area contributed by atoms with E-state index >= 15 is 0 Å². The smallest absolute Gasteiger partial charge is 0.338 e. The van der Waals surface area contributed by atoms with Gasteiger partial charge in [0.05, 0.1) is 17.8 Å². The fourth-order valence-corrected chi connectivity index (χ4v) is 4.40. The summed E-state index contributed by atoms with van der Waals surface area (Å²) in [6.07, 6.45) is 10.1. The first kappa shape index (κ1) is 18.9. The molecule has 140 valence electrons. The van der Waals surface area contributed by atoms with Crippen molar-refractivity contribution in [2.75, 3.05) is 6.61 Å². The lowest BCUT2D eigenvalue weighted by atomic mass is 9.64. The molecule has 1 saturated heterocycles. The Morgan fingerprint density at radius 2 is 1.88 bits per heavy atom. The number of carbonyl (C=O) groups excluding carboxylic acids is 1. The normalized spacial score (nSPS) is 30.1. The van der Waals surface area contributed by atoms with E-state index in [4.69, 9.17) is 9.47 Å². The molecule has 2 aliphatic rings. The van der Waals surface area contributed by atoms with E-state index in [1.807, 2.05) is 31.2 Å². The van der Waals surface area contributed by atoms with Crippen molar-refractivity contribution in [3.8, 4) is 0 Å². The highest BCUT2D eigenvalue weighted by molar-refractivity contribution is 5.89. The molecule has 0 radical (unpaired) electrons. The molecule has 0 N–H and O–H groups in total. The summed E-state index contributed by atoms with van der Waals surface area (Å²) >= 11 is 0. The summed E-state index contributed by atoms with van der Waals surface area (Å²) in [5.74, 6) is -0.275. The van der Waals surface area contributed by atoms with Gasteiger partial charge in [0, 0.05) is 5.41 Å². The highest BCUT2D eigenvalue weighted by Crippen LogP contribution is 2.66. The van der Waals surface area contributed by atoms with E-state index in [1.165, 1.54) is 18.4 Å². The van der Waals surface area contributed by atoms with Crippen LogP contribution in [-0.4, -0.2) is 23.8 Å². The Kier molecular flexibility index (Phi) is 4.87. The second kappa shape index (κ2) is 6.70. The quantitative estimate of drug-likeness (QED) is 0.395. The summed E-state index contributed by atoms with van der Waals surface area (Å²) in [5, 5.41) is 0. The molecule has 0 amide bonds. The summed E-state index contributed by atoms with van der Waals surface area (Å²) in [5.41, 5.74) is 2.84. The number of rotatable bonds is 5. The van der Waals surface area contributed by atoms with Crippen molar-refractivity contribution < 1.29 is 14.3 Å². The summed E-state index contributed by atoms with van der Waals surface area (Å²) in [4.78, 5) is 11.7. The number of allylic oxidation sites excluding steroid dienone is 2. The molecule has 0 aromatic heterocycles. The highest BCUT2D eigenvalue weighted by Gasteiger charge is 2.73. The number of hydrogen-bond acceptors (Lipinski definition) is 3. The lowest BCUT2D eigenvalue weighted by Gasteiger charge is -2.36. The largest absolute Gasteiger partial charge is 0.462 e. The molecule has 0 bridgehead atoms. The number of ether oxygens (including phenoxy) is 2. The molecule has 1 aromatic rings. The molecule has 2 fully saturated rings. The lowest BCUT2D eigenvalue weighted by molar-refractivity contribution is 0.0526. The van der Waals surface area contributed by atoms with Crippen molar-refractivity contribution in [2.45, 2.75) is 65.1 Å². The van der Waals surface area contributed by atoms with Gasteiger partial charge in [-0.1, -0.05) is 43.7 Å². The zero-order chi connectivity index (χ0) is 19.0. The maximum absolute atomic E-state index is 11.7. The average Bonchev–Trinajstić information content (AvgIpc) is 3.21. The fourth-order valence-electron chi connectivity index (χ4n) is 4.40. The average molecular weight is 354 g/mol. The van der Waals surface area contributed by atoms with Crippen LogP contribution in [0.1, 0.15) is 69.8 Å². The standard InChI is InChI=1S/C23H30O3/c1-6-25-20(24)19-10-8-18(9-11-19)16-17(2)12-15-23-21(3,4)13-7-14-22(23,5)26-23/h8-12,15-16H,6-7,13-14H2,1-5H3/b15-12+,17-16+. The molecule has 0 spiro atoms. The van der Waals surface area contributed by atoms with Crippen molar-refractivity contribution in [1.82, 2.24) is 0 Å². The number of benzene rings is 1. The molecule has 3 nitrogen and oxygen atoms in total. The van der Waals surface area contributed by atoms with Crippen LogP contribution in [0.5, 0.6) is 0 Å². The third-order valence-corrected chi connectivity index (χ3v) is 5.99. The van der Waals surface area contributed by atoms with Crippen molar-refractivity contribution in [1.29, 1.82) is 0 Å². The van der Waals surface area contributed by atoms with E-state index in [0.717, 1.165) is 12.0 Å². The minimum Gasteiger partial charge on any atom is -0.462 e. The van der Waals surface area contributed by atoms with E-state index in [0.29, 0.717) is 12.2 Å². The van der Waals surface area contributed by atoms with Crippen molar-refractivity contribution >= 4 is 12.0 Å². The molecule has 1 saturated carbocycles. The summed E-state index contributed by atoms with van der Waals surface area (Å²) < 4.78 is 11.3. The van der Waals surface area contributed by atoms with Gasteiger partial charge in [0.25, 0.3) is 0 Å². The molecule has 3 rings (SSSR count). The molecule has 3 heteroatoms. The Hall–Kier alpha value is -1.87. The van der Waals surface area contributed by atoms with Gasteiger partial charge in [0.2, 0.25) is 0 Å². The van der Waals surface area contributed by atoms with Crippen LogP contribution in [-0.2, 0) is 9.47 Å². The van der Waals surface area contributed by atoms with Crippen LogP contribution in [0.2, 0.25) is 0 Å². The predicted octanol–water partition coefficient (Wildman–Crippen LogP) is 5.56. The van der Waals surface area contributed by atoms with Crippen LogP contribution in [0.25, 0.3) is 6.08 Å². The molecule has 2 atom stereocenters. The minimum absolute atomic E-state index is 0.00713. The predicted molar refractivity (Wildman–Crippen MR) is 105 cm³/mol. The summed E-state index contributed by atoms with van der Waals surface area (Å²) in [6, 6.07) is 7.52. The molecule has 1 aliphatic carbocycles. The highest BCUT2D eigenvalue weighted by atomic mass is 16.6. The zero-order valence-electron chi connectivity index (χ0n) is 16.6. The van der Waals surface area contributed by atoms with Gasteiger partial charge >= 0.3 is 5.97 Å². The Balaban J connectivity index is 1.73. The van der Waals surface area contributed by atoms with Gasteiger partial charge in [0.1, 0.15) is 5.60 Å². The van der Waals surface area contributed by atoms with Gasteiger partial charge in [-0.25, -0.2) is 4.79 Å². The van der Waals surface area contributed by atoms with E-state index in [2.05, 4.69) is 45.9 Å². The van der Waals surface area contributed by atoms with Gasteiger partial charge in [0.15, 0.2) is 0 Å². The van der Waals surface area contributed by atoms with Crippen LogP contribution in [0.3, 0.4) is 0 Å². The van der Waals surface area contributed by atoms with Crippen molar-refractivity contribution in [3.63, 3.8) is 0 Å². The Labute approximate surface area is 157 Å². The second-order valence-corrected chi connectivity index (χ2v) is 8.37. The molecule has 1 heterocycles. The molecule has 2 unspecified atom stereocenters. The summed E-state index contributed by atoms with van der Waals surface area (Å²) in [7, 11) is 0. The van der Waals surface area contributed by atoms with Crippen LogP contribution in [0.4, 0.5) is 0 Å².